The minimum absolute atomic E-state index is 0.0806. The molecule has 1 aromatic heterocycles. The van der Waals surface area contributed by atoms with Crippen LogP contribution in [0.2, 0.25) is 0 Å². The fraction of sp³-hybridized carbons (Fsp3) is 0.273. The van der Waals surface area contributed by atoms with Crippen molar-refractivity contribution in [2.24, 2.45) is 0 Å². The van der Waals surface area contributed by atoms with Gasteiger partial charge in [-0.3, -0.25) is 9.59 Å². The quantitative estimate of drug-likeness (QED) is 0.711. The number of amides is 2. The Balaban J connectivity index is 1.45. The first kappa shape index (κ1) is 18.5. The highest BCUT2D eigenvalue weighted by Crippen LogP contribution is 2.47. The summed E-state index contributed by atoms with van der Waals surface area (Å²) in [6, 6.07) is 17.1. The first-order valence-corrected chi connectivity index (χ1v) is 9.80. The van der Waals surface area contributed by atoms with E-state index in [2.05, 4.69) is 10.1 Å². The van der Waals surface area contributed by atoms with Crippen LogP contribution in [0.1, 0.15) is 17.8 Å². The summed E-state index contributed by atoms with van der Waals surface area (Å²) in [5.74, 6) is 0.375. The molecule has 1 unspecified atom stereocenters. The van der Waals surface area contributed by atoms with Gasteiger partial charge >= 0.3 is 0 Å². The minimum atomic E-state index is -0.798. The van der Waals surface area contributed by atoms with Crippen molar-refractivity contribution < 1.29 is 19.2 Å². The number of aliphatic hydroxyl groups is 1. The van der Waals surface area contributed by atoms with Gasteiger partial charge < -0.3 is 19.4 Å². The Morgan fingerprint density at radius 1 is 1.13 bits per heavy atom. The summed E-state index contributed by atoms with van der Waals surface area (Å²) < 4.78 is 5.38. The van der Waals surface area contributed by atoms with E-state index in [1.165, 1.54) is 0 Å². The van der Waals surface area contributed by atoms with Gasteiger partial charge in [-0.15, -0.1) is 0 Å². The van der Waals surface area contributed by atoms with E-state index < -0.39 is 12.0 Å². The number of fused-ring (bicyclic) bond motifs is 2. The Bertz CT molecular complexity index is 1110. The predicted octanol–water partition coefficient (Wildman–Crippen LogP) is 1.75. The van der Waals surface area contributed by atoms with Crippen LogP contribution in [-0.4, -0.2) is 51.7 Å². The first-order chi connectivity index (χ1) is 14.6. The number of para-hydroxylation sites is 1. The second-order valence-corrected chi connectivity index (χ2v) is 7.60. The molecule has 1 saturated heterocycles. The largest absolute Gasteiger partial charge is 0.387 e. The number of aromatic nitrogens is 2. The highest BCUT2D eigenvalue weighted by Gasteiger charge is 2.55. The molecule has 8 heteroatoms. The Labute approximate surface area is 172 Å². The number of nitrogens with zero attached hydrogens (tertiary/aromatic N) is 4. The third kappa shape index (κ3) is 2.80. The van der Waals surface area contributed by atoms with Crippen molar-refractivity contribution >= 4 is 17.5 Å². The van der Waals surface area contributed by atoms with E-state index in [1.807, 2.05) is 54.6 Å². The van der Waals surface area contributed by atoms with E-state index in [1.54, 1.807) is 9.80 Å². The second-order valence-electron chi connectivity index (χ2n) is 7.60. The monoisotopic (exact) mass is 404 g/mol. The average Bonchev–Trinajstić information content (AvgIpc) is 3.50. The van der Waals surface area contributed by atoms with Crippen LogP contribution in [-0.2, 0) is 21.5 Å². The zero-order valence-corrected chi connectivity index (χ0v) is 16.2. The second kappa shape index (κ2) is 7.07. The Morgan fingerprint density at radius 2 is 1.90 bits per heavy atom. The minimum Gasteiger partial charge on any atom is -0.387 e. The van der Waals surface area contributed by atoms with Crippen LogP contribution in [0.15, 0.2) is 59.1 Å². The van der Waals surface area contributed by atoms with Crippen molar-refractivity contribution in [1.29, 1.82) is 0 Å². The number of hydrogen-bond donors (Lipinski definition) is 1. The predicted molar refractivity (Wildman–Crippen MR) is 107 cm³/mol. The standard InChI is InChI=1S/C22H20N4O4/c27-13-19(28)25-11-10-22(14-25)16-8-4-5-9-17(16)26(21(22)29)12-18-23-20(30-24-18)15-6-2-1-3-7-15/h1-9,27H,10-14H2. The fourth-order valence-electron chi connectivity index (χ4n) is 4.43. The summed E-state index contributed by atoms with van der Waals surface area (Å²) in [7, 11) is 0. The SMILES string of the molecule is O=C(CO)N1CCC2(C1)C(=O)N(Cc1noc(-c3ccccc3)n1)c1ccccc12. The van der Waals surface area contributed by atoms with E-state index >= 15 is 0 Å². The lowest BCUT2D eigenvalue weighted by atomic mass is 9.81. The van der Waals surface area contributed by atoms with E-state index in [0.717, 1.165) is 16.8 Å². The lowest BCUT2D eigenvalue weighted by Crippen LogP contribution is -2.43. The van der Waals surface area contributed by atoms with Gasteiger partial charge in [0.1, 0.15) is 6.61 Å². The lowest BCUT2D eigenvalue weighted by molar-refractivity contribution is -0.133. The van der Waals surface area contributed by atoms with Crippen LogP contribution in [0, 0.1) is 0 Å². The molecule has 0 saturated carbocycles. The van der Waals surface area contributed by atoms with Gasteiger partial charge in [-0.2, -0.15) is 4.98 Å². The molecule has 2 aliphatic rings. The summed E-state index contributed by atoms with van der Waals surface area (Å²) in [6.07, 6.45) is 0.520. The number of benzene rings is 2. The molecule has 3 heterocycles. The molecule has 8 nitrogen and oxygen atoms in total. The highest BCUT2D eigenvalue weighted by molar-refractivity contribution is 6.08. The van der Waals surface area contributed by atoms with Gasteiger partial charge in [-0.25, -0.2) is 0 Å². The maximum Gasteiger partial charge on any atom is 0.257 e. The summed E-state index contributed by atoms with van der Waals surface area (Å²) in [5.41, 5.74) is 1.71. The number of aliphatic hydroxyl groups excluding tert-OH is 1. The molecule has 2 aromatic carbocycles. The maximum atomic E-state index is 13.6. The molecule has 2 aliphatic heterocycles. The van der Waals surface area contributed by atoms with Crippen molar-refractivity contribution in [2.45, 2.75) is 18.4 Å². The molecule has 1 atom stereocenters. The molecule has 0 aliphatic carbocycles. The molecule has 3 aromatic rings. The van der Waals surface area contributed by atoms with Gasteiger partial charge in [0.05, 0.1) is 12.0 Å². The molecule has 1 fully saturated rings. The Hall–Kier alpha value is -3.52. The molecule has 0 radical (unpaired) electrons. The van der Waals surface area contributed by atoms with Crippen molar-refractivity contribution in [1.82, 2.24) is 15.0 Å². The van der Waals surface area contributed by atoms with Crippen LogP contribution >= 0.6 is 0 Å². The third-order valence-corrected chi connectivity index (χ3v) is 5.91. The van der Waals surface area contributed by atoms with Crippen LogP contribution < -0.4 is 4.90 Å². The molecule has 1 N–H and O–H groups in total. The zero-order valence-electron chi connectivity index (χ0n) is 16.2. The molecule has 1 spiro atoms. The summed E-state index contributed by atoms with van der Waals surface area (Å²) >= 11 is 0. The van der Waals surface area contributed by atoms with Crippen molar-refractivity contribution in [3.05, 3.63) is 66.0 Å². The molecular formula is C22H20N4O4. The van der Waals surface area contributed by atoms with Crippen molar-refractivity contribution in [2.75, 3.05) is 24.6 Å². The van der Waals surface area contributed by atoms with Gasteiger partial charge in [0.15, 0.2) is 5.82 Å². The molecular weight excluding hydrogens is 384 g/mol. The highest BCUT2D eigenvalue weighted by atomic mass is 16.5. The number of anilines is 1. The van der Waals surface area contributed by atoms with Crippen LogP contribution in [0.3, 0.4) is 0 Å². The molecule has 0 bridgehead atoms. The first-order valence-electron chi connectivity index (χ1n) is 9.80. The average molecular weight is 404 g/mol. The van der Waals surface area contributed by atoms with Crippen LogP contribution in [0.25, 0.3) is 11.5 Å². The summed E-state index contributed by atoms with van der Waals surface area (Å²) in [6.45, 7) is 0.330. The van der Waals surface area contributed by atoms with Gasteiger partial charge in [-0.1, -0.05) is 41.6 Å². The van der Waals surface area contributed by atoms with Crippen molar-refractivity contribution in [3.8, 4) is 11.5 Å². The van der Waals surface area contributed by atoms with Crippen LogP contribution in [0.5, 0.6) is 0 Å². The van der Waals surface area contributed by atoms with Gasteiger partial charge in [0, 0.05) is 24.3 Å². The van der Waals surface area contributed by atoms with E-state index in [9.17, 15) is 14.7 Å². The van der Waals surface area contributed by atoms with E-state index in [0.29, 0.717) is 24.7 Å². The maximum absolute atomic E-state index is 13.6. The van der Waals surface area contributed by atoms with E-state index in [4.69, 9.17) is 4.52 Å². The number of likely N-dealkylation sites (tertiary alicyclic amines) is 1. The van der Waals surface area contributed by atoms with Gasteiger partial charge in [-0.05, 0) is 30.2 Å². The molecule has 2 amide bonds. The summed E-state index contributed by atoms with van der Waals surface area (Å²) in [4.78, 5) is 33.2. The number of hydrogen-bond acceptors (Lipinski definition) is 6. The summed E-state index contributed by atoms with van der Waals surface area (Å²) in [5, 5.41) is 13.3. The van der Waals surface area contributed by atoms with Gasteiger partial charge in [0.2, 0.25) is 11.8 Å². The number of carbonyl (C=O) groups is 2. The zero-order chi connectivity index (χ0) is 20.7. The van der Waals surface area contributed by atoms with Crippen molar-refractivity contribution in [3.63, 3.8) is 0 Å². The molecule has 30 heavy (non-hydrogen) atoms. The normalized spacial score (nSPS) is 20.2. The lowest BCUT2D eigenvalue weighted by Gasteiger charge is -2.24. The number of rotatable bonds is 4. The number of carbonyl (C=O) groups excluding carboxylic acids is 2. The molecule has 5 rings (SSSR count). The van der Waals surface area contributed by atoms with E-state index in [-0.39, 0.29) is 24.9 Å². The Morgan fingerprint density at radius 3 is 2.70 bits per heavy atom. The Kier molecular flexibility index (Phi) is 4.36. The smallest absolute Gasteiger partial charge is 0.257 e. The fourth-order valence-corrected chi connectivity index (χ4v) is 4.43. The topological polar surface area (TPSA) is 99.8 Å². The van der Waals surface area contributed by atoms with Crippen LogP contribution in [0.4, 0.5) is 5.69 Å². The third-order valence-electron chi connectivity index (χ3n) is 5.91. The molecule has 152 valence electrons. The van der Waals surface area contributed by atoms with Gasteiger partial charge in [0.25, 0.3) is 5.89 Å².